The smallest absolute Gasteiger partial charge is 0.142 e. The minimum absolute atomic E-state index is 0.455. The molecule has 1 aromatic heterocycles. The molecule has 0 N–H and O–H groups in total. The van der Waals surface area contributed by atoms with E-state index in [0.717, 1.165) is 12.4 Å². The topological polar surface area (TPSA) is 29.0 Å². The third-order valence-electron chi connectivity index (χ3n) is 2.82. The van der Waals surface area contributed by atoms with E-state index in [1.54, 1.807) is 0 Å². The van der Waals surface area contributed by atoms with Crippen LogP contribution >= 0.6 is 0 Å². The molecule has 0 spiro atoms. The third-order valence-corrected chi connectivity index (χ3v) is 2.82. The SMILES string of the molecule is Cc1c(C(C)C)nc(CN(C)C)nc1C(C)C. The fourth-order valence-corrected chi connectivity index (χ4v) is 2.08. The summed E-state index contributed by atoms with van der Waals surface area (Å²) in [4.78, 5) is 11.5. The van der Waals surface area contributed by atoms with E-state index in [9.17, 15) is 0 Å². The van der Waals surface area contributed by atoms with Gasteiger partial charge in [-0.15, -0.1) is 0 Å². The molecule has 0 atom stereocenters. The summed E-state index contributed by atoms with van der Waals surface area (Å²) in [5.41, 5.74) is 3.65. The molecule has 96 valence electrons. The molecule has 1 heterocycles. The predicted octanol–water partition coefficient (Wildman–Crippen LogP) is 3.09. The Morgan fingerprint density at radius 3 is 1.65 bits per heavy atom. The van der Waals surface area contributed by atoms with Crippen LogP contribution < -0.4 is 0 Å². The highest BCUT2D eigenvalue weighted by molar-refractivity contribution is 5.28. The first kappa shape index (κ1) is 14.1. The van der Waals surface area contributed by atoms with Gasteiger partial charge in [0, 0.05) is 11.4 Å². The average molecular weight is 235 g/mol. The number of nitrogens with zero attached hydrogens (tertiary/aromatic N) is 3. The highest BCUT2D eigenvalue weighted by Gasteiger charge is 2.15. The number of rotatable bonds is 4. The highest BCUT2D eigenvalue weighted by atomic mass is 15.1. The summed E-state index contributed by atoms with van der Waals surface area (Å²) in [6.45, 7) is 11.7. The lowest BCUT2D eigenvalue weighted by atomic mass is 9.98. The van der Waals surface area contributed by atoms with Gasteiger partial charge in [0.05, 0.1) is 6.54 Å². The van der Waals surface area contributed by atoms with Crippen molar-refractivity contribution >= 4 is 0 Å². The van der Waals surface area contributed by atoms with E-state index in [1.807, 2.05) is 14.1 Å². The van der Waals surface area contributed by atoms with Crippen molar-refractivity contribution in [2.75, 3.05) is 14.1 Å². The molecule has 0 amide bonds. The van der Waals surface area contributed by atoms with Crippen molar-refractivity contribution in [2.45, 2.75) is 53.0 Å². The zero-order valence-electron chi connectivity index (χ0n) is 12.2. The summed E-state index contributed by atoms with van der Waals surface area (Å²) in [5, 5.41) is 0. The molecule has 0 radical (unpaired) electrons. The van der Waals surface area contributed by atoms with Gasteiger partial charge < -0.3 is 4.90 Å². The number of hydrogen-bond acceptors (Lipinski definition) is 3. The maximum Gasteiger partial charge on any atom is 0.142 e. The Hall–Kier alpha value is -0.960. The minimum atomic E-state index is 0.455. The van der Waals surface area contributed by atoms with Crippen LogP contribution in [0.3, 0.4) is 0 Å². The molecule has 0 unspecified atom stereocenters. The molecular weight excluding hydrogens is 210 g/mol. The Bertz CT molecular complexity index is 352. The fourth-order valence-electron chi connectivity index (χ4n) is 2.08. The van der Waals surface area contributed by atoms with Crippen LogP contribution in [0.2, 0.25) is 0 Å². The Labute approximate surface area is 105 Å². The summed E-state index contributed by atoms with van der Waals surface area (Å²) in [7, 11) is 4.10. The summed E-state index contributed by atoms with van der Waals surface area (Å²) in [6.07, 6.45) is 0. The monoisotopic (exact) mass is 235 g/mol. The zero-order valence-corrected chi connectivity index (χ0v) is 12.2. The zero-order chi connectivity index (χ0) is 13.2. The number of hydrogen-bond donors (Lipinski definition) is 0. The van der Waals surface area contributed by atoms with Gasteiger partial charge in [0.2, 0.25) is 0 Å². The first-order valence-corrected chi connectivity index (χ1v) is 6.35. The van der Waals surface area contributed by atoms with Crippen LogP contribution in [-0.2, 0) is 6.54 Å². The van der Waals surface area contributed by atoms with Crippen LogP contribution in [0.4, 0.5) is 0 Å². The quantitative estimate of drug-likeness (QED) is 0.803. The van der Waals surface area contributed by atoms with Crippen LogP contribution in [0.15, 0.2) is 0 Å². The van der Waals surface area contributed by atoms with Gasteiger partial charge in [-0.1, -0.05) is 27.7 Å². The second-order valence-electron chi connectivity index (χ2n) is 5.58. The molecule has 0 aliphatic rings. The van der Waals surface area contributed by atoms with Crippen molar-refractivity contribution in [1.29, 1.82) is 0 Å². The normalized spacial score (nSPS) is 11.9. The van der Waals surface area contributed by atoms with Gasteiger partial charge in [-0.25, -0.2) is 9.97 Å². The van der Waals surface area contributed by atoms with E-state index < -0.39 is 0 Å². The second kappa shape index (κ2) is 5.58. The van der Waals surface area contributed by atoms with Crippen LogP contribution in [-0.4, -0.2) is 29.0 Å². The summed E-state index contributed by atoms with van der Waals surface area (Å²) >= 11 is 0. The van der Waals surface area contributed by atoms with Crippen LogP contribution in [0.1, 0.15) is 62.3 Å². The molecule has 0 aromatic carbocycles. The summed E-state index contributed by atoms with van der Waals surface area (Å²) in [6, 6.07) is 0. The molecule has 0 aliphatic heterocycles. The Balaban J connectivity index is 3.26. The van der Waals surface area contributed by atoms with Crippen molar-refractivity contribution in [1.82, 2.24) is 14.9 Å². The lowest BCUT2D eigenvalue weighted by molar-refractivity contribution is 0.388. The molecule has 1 aromatic rings. The summed E-state index contributed by atoms with van der Waals surface area (Å²) in [5.74, 6) is 1.85. The Morgan fingerprint density at radius 2 is 1.35 bits per heavy atom. The van der Waals surface area contributed by atoms with Gasteiger partial charge >= 0.3 is 0 Å². The lowest BCUT2D eigenvalue weighted by Gasteiger charge is -2.18. The first-order chi connectivity index (χ1) is 7.82. The van der Waals surface area contributed by atoms with Crippen LogP contribution in [0.5, 0.6) is 0 Å². The molecule has 1 rings (SSSR count). The minimum Gasteiger partial charge on any atom is -0.302 e. The molecule has 17 heavy (non-hydrogen) atoms. The molecule has 0 saturated carbocycles. The highest BCUT2D eigenvalue weighted by Crippen LogP contribution is 2.24. The standard InChI is InChI=1S/C14H25N3/c1-9(2)13-11(5)14(10(3)4)16-12(15-13)8-17(6)7/h9-10H,8H2,1-7H3. The van der Waals surface area contributed by atoms with E-state index in [2.05, 4.69) is 39.5 Å². The maximum atomic E-state index is 4.70. The van der Waals surface area contributed by atoms with Gasteiger partial charge in [-0.3, -0.25) is 0 Å². The lowest BCUT2D eigenvalue weighted by Crippen LogP contribution is -2.17. The molecule has 0 saturated heterocycles. The molecule has 0 aliphatic carbocycles. The van der Waals surface area contributed by atoms with Crippen molar-refractivity contribution in [3.8, 4) is 0 Å². The van der Waals surface area contributed by atoms with Crippen LogP contribution in [0.25, 0.3) is 0 Å². The largest absolute Gasteiger partial charge is 0.302 e. The summed E-state index contributed by atoms with van der Waals surface area (Å²) < 4.78 is 0. The van der Waals surface area contributed by atoms with Crippen molar-refractivity contribution in [3.63, 3.8) is 0 Å². The fraction of sp³-hybridized carbons (Fsp3) is 0.714. The van der Waals surface area contributed by atoms with Crippen molar-refractivity contribution in [3.05, 3.63) is 22.8 Å². The number of aromatic nitrogens is 2. The van der Waals surface area contributed by atoms with E-state index in [1.165, 1.54) is 17.0 Å². The molecular formula is C14H25N3. The molecule has 3 nitrogen and oxygen atoms in total. The van der Waals surface area contributed by atoms with E-state index >= 15 is 0 Å². The van der Waals surface area contributed by atoms with E-state index in [0.29, 0.717) is 11.8 Å². The maximum absolute atomic E-state index is 4.70. The molecule has 3 heteroatoms. The average Bonchev–Trinajstić information content (AvgIpc) is 2.18. The second-order valence-corrected chi connectivity index (χ2v) is 5.58. The molecule has 0 fully saturated rings. The van der Waals surface area contributed by atoms with Crippen molar-refractivity contribution in [2.24, 2.45) is 0 Å². The van der Waals surface area contributed by atoms with Gasteiger partial charge in [-0.2, -0.15) is 0 Å². The van der Waals surface area contributed by atoms with Gasteiger partial charge in [-0.05, 0) is 38.4 Å². The van der Waals surface area contributed by atoms with Crippen LogP contribution in [0, 0.1) is 6.92 Å². The first-order valence-electron chi connectivity index (χ1n) is 6.35. The Kier molecular flexibility index (Phi) is 4.63. The molecule has 0 bridgehead atoms. The predicted molar refractivity (Wildman–Crippen MR) is 72.3 cm³/mol. The Morgan fingerprint density at radius 1 is 0.941 bits per heavy atom. The van der Waals surface area contributed by atoms with E-state index in [4.69, 9.17) is 9.97 Å². The van der Waals surface area contributed by atoms with Gasteiger partial charge in [0.15, 0.2) is 0 Å². The van der Waals surface area contributed by atoms with Gasteiger partial charge in [0.25, 0.3) is 0 Å². The van der Waals surface area contributed by atoms with Gasteiger partial charge in [0.1, 0.15) is 5.82 Å². The third kappa shape index (κ3) is 3.50. The van der Waals surface area contributed by atoms with E-state index in [-0.39, 0.29) is 0 Å². The van der Waals surface area contributed by atoms with Crippen molar-refractivity contribution < 1.29 is 0 Å².